The van der Waals surface area contributed by atoms with E-state index in [2.05, 4.69) is 20.2 Å². The molecule has 3 aromatic rings. The van der Waals surface area contributed by atoms with Crippen LogP contribution < -0.4 is 4.74 Å². The lowest BCUT2D eigenvalue weighted by atomic mass is 9.72. The molecule has 2 aliphatic heterocycles. The molecule has 1 saturated carbocycles. The predicted octanol–water partition coefficient (Wildman–Crippen LogP) is 3.70. The molecule has 8 nitrogen and oxygen atoms in total. The van der Waals surface area contributed by atoms with Gasteiger partial charge in [0.15, 0.2) is 5.69 Å². The number of nitrogens with zero attached hydrogens (tertiary/aromatic N) is 6. The number of carbonyl (C=O) groups excluding carboxylic acids is 1. The Morgan fingerprint density at radius 2 is 1.94 bits per heavy atom. The van der Waals surface area contributed by atoms with Crippen molar-refractivity contribution in [3.8, 4) is 11.6 Å². The third-order valence-electron chi connectivity index (χ3n) is 6.60. The van der Waals surface area contributed by atoms with Crippen molar-refractivity contribution in [2.75, 3.05) is 13.2 Å². The molecule has 11 heteroatoms. The van der Waals surface area contributed by atoms with Crippen molar-refractivity contribution in [1.82, 2.24) is 29.9 Å². The maximum absolute atomic E-state index is 13.5. The van der Waals surface area contributed by atoms with E-state index >= 15 is 0 Å². The van der Waals surface area contributed by atoms with Gasteiger partial charge in [-0.25, -0.2) is 9.97 Å². The molecule has 2 bridgehead atoms. The number of pyridine rings is 2. The predicted molar refractivity (Wildman–Crippen MR) is 114 cm³/mol. The lowest BCUT2D eigenvalue weighted by molar-refractivity contribution is -0.137. The lowest BCUT2D eigenvalue weighted by Crippen LogP contribution is -2.55. The largest absolute Gasteiger partial charge is 0.477 e. The van der Waals surface area contributed by atoms with Crippen LogP contribution in [0.1, 0.15) is 41.0 Å². The number of hydrogen-bond donors (Lipinski definition) is 0. The van der Waals surface area contributed by atoms with Crippen LogP contribution in [-0.4, -0.2) is 55.0 Å². The first-order chi connectivity index (χ1) is 16.3. The van der Waals surface area contributed by atoms with Gasteiger partial charge >= 0.3 is 6.18 Å². The van der Waals surface area contributed by atoms with E-state index in [1.807, 2.05) is 17.9 Å². The first kappa shape index (κ1) is 22.3. The van der Waals surface area contributed by atoms with Crippen molar-refractivity contribution in [3.05, 3.63) is 59.8 Å². The standard InChI is InChI=1S/C23H23F3N6O2/c1-14-2-6-19(32-28-8-9-29-32)21(30-14)22(33)31-12-15-3-5-18(31)10-16(15)13-34-20-7-4-17(11-27-20)23(24,25)26/h2,4,6-9,11,15-16,18H,3,5,10,12-13H2,1H3. The van der Waals surface area contributed by atoms with Gasteiger partial charge < -0.3 is 9.64 Å². The van der Waals surface area contributed by atoms with E-state index in [1.54, 1.807) is 18.5 Å². The summed E-state index contributed by atoms with van der Waals surface area (Å²) in [6.07, 6.45) is 2.08. The minimum Gasteiger partial charge on any atom is -0.477 e. The minimum atomic E-state index is -4.43. The highest BCUT2D eigenvalue weighted by molar-refractivity contribution is 5.96. The van der Waals surface area contributed by atoms with Crippen LogP contribution >= 0.6 is 0 Å². The number of ether oxygens (including phenoxy) is 1. The molecule has 0 radical (unpaired) electrons. The van der Waals surface area contributed by atoms with E-state index in [1.165, 1.54) is 10.9 Å². The zero-order valence-electron chi connectivity index (χ0n) is 18.4. The van der Waals surface area contributed by atoms with Crippen molar-refractivity contribution in [1.29, 1.82) is 0 Å². The molecule has 5 heterocycles. The Morgan fingerprint density at radius 3 is 2.59 bits per heavy atom. The molecule has 0 spiro atoms. The van der Waals surface area contributed by atoms with E-state index in [0.717, 1.165) is 37.2 Å². The second-order valence-electron chi connectivity index (χ2n) is 8.78. The maximum Gasteiger partial charge on any atom is 0.417 e. The number of amides is 1. The molecule has 0 aromatic carbocycles. The van der Waals surface area contributed by atoms with E-state index in [9.17, 15) is 18.0 Å². The summed E-state index contributed by atoms with van der Waals surface area (Å²) in [5, 5.41) is 8.29. The smallest absolute Gasteiger partial charge is 0.417 e. The number of aromatic nitrogens is 5. The normalized spacial score (nSPS) is 22.1. The van der Waals surface area contributed by atoms with Crippen LogP contribution in [0.15, 0.2) is 42.9 Å². The van der Waals surface area contributed by atoms with Gasteiger partial charge in [-0.05, 0) is 56.2 Å². The molecule has 1 aliphatic carbocycles. The number of rotatable bonds is 5. The van der Waals surface area contributed by atoms with Gasteiger partial charge in [0.2, 0.25) is 5.88 Å². The van der Waals surface area contributed by atoms with Crippen LogP contribution in [0.5, 0.6) is 5.88 Å². The van der Waals surface area contributed by atoms with E-state index < -0.39 is 11.7 Å². The summed E-state index contributed by atoms with van der Waals surface area (Å²) >= 11 is 0. The van der Waals surface area contributed by atoms with Gasteiger partial charge in [0, 0.05) is 30.5 Å². The highest BCUT2D eigenvalue weighted by Gasteiger charge is 2.43. The Kier molecular flexibility index (Phi) is 5.70. The maximum atomic E-state index is 13.5. The van der Waals surface area contributed by atoms with Crippen LogP contribution in [0, 0.1) is 18.8 Å². The highest BCUT2D eigenvalue weighted by Crippen LogP contribution is 2.40. The summed E-state index contributed by atoms with van der Waals surface area (Å²) in [4.78, 5) is 25.1. The fraction of sp³-hybridized carbons (Fsp3) is 0.435. The van der Waals surface area contributed by atoms with E-state index in [4.69, 9.17) is 4.74 Å². The number of piperidine rings is 2. The number of hydrogen-bond acceptors (Lipinski definition) is 6. The fourth-order valence-corrected chi connectivity index (χ4v) is 4.85. The molecule has 3 aromatic heterocycles. The quantitative estimate of drug-likeness (QED) is 0.563. The first-order valence-electron chi connectivity index (χ1n) is 11.1. The van der Waals surface area contributed by atoms with E-state index in [0.29, 0.717) is 24.5 Å². The van der Waals surface area contributed by atoms with Crippen molar-refractivity contribution < 1.29 is 22.7 Å². The lowest BCUT2D eigenvalue weighted by Gasteiger charge is -2.49. The molecule has 34 heavy (non-hydrogen) atoms. The molecule has 2 saturated heterocycles. The van der Waals surface area contributed by atoms with Crippen molar-refractivity contribution in [3.63, 3.8) is 0 Å². The molecular formula is C23H23F3N6O2. The van der Waals surface area contributed by atoms with Crippen LogP contribution in [0.25, 0.3) is 5.69 Å². The van der Waals surface area contributed by atoms with Gasteiger partial charge in [-0.2, -0.15) is 23.4 Å². The minimum absolute atomic E-state index is 0.0485. The van der Waals surface area contributed by atoms with Gasteiger partial charge in [0.25, 0.3) is 5.91 Å². The summed E-state index contributed by atoms with van der Waals surface area (Å²) in [7, 11) is 0. The number of carbonyl (C=O) groups is 1. The number of halogens is 3. The topological polar surface area (TPSA) is 86.0 Å². The Hall–Kier alpha value is -3.50. The van der Waals surface area contributed by atoms with Crippen LogP contribution in [0.2, 0.25) is 0 Å². The molecule has 0 N–H and O–H groups in total. The molecule has 6 rings (SSSR count). The first-order valence-corrected chi connectivity index (χ1v) is 11.1. The Balaban J connectivity index is 1.26. The molecule has 178 valence electrons. The third-order valence-corrected chi connectivity index (χ3v) is 6.60. The highest BCUT2D eigenvalue weighted by atomic mass is 19.4. The van der Waals surface area contributed by atoms with Gasteiger partial charge in [0.1, 0.15) is 5.69 Å². The van der Waals surface area contributed by atoms with Crippen molar-refractivity contribution in [2.24, 2.45) is 11.8 Å². The molecule has 3 unspecified atom stereocenters. The van der Waals surface area contributed by atoms with Crippen molar-refractivity contribution in [2.45, 2.75) is 38.4 Å². The summed E-state index contributed by atoms with van der Waals surface area (Å²) < 4.78 is 43.9. The van der Waals surface area contributed by atoms with Gasteiger partial charge in [0.05, 0.1) is 24.6 Å². The number of aryl methyl sites for hydroxylation is 1. The van der Waals surface area contributed by atoms with Crippen LogP contribution in [0.4, 0.5) is 13.2 Å². The van der Waals surface area contributed by atoms with Gasteiger partial charge in [-0.15, -0.1) is 4.80 Å². The van der Waals surface area contributed by atoms with Gasteiger partial charge in [-0.1, -0.05) is 0 Å². The monoisotopic (exact) mass is 472 g/mol. The average molecular weight is 472 g/mol. The Morgan fingerprint density at radius 1 is 1.15 bits per heavy atom. The average Bonchev–Trinajstić information content (AvgIpc) is 3.37. The Bertz CT molecular complexity index is 1170. The van der Waals surface area contributed by atoms with Crippen LogP contribution in [-0.2, 0) is 6.18 Å². The fourth-order valence-electron chi connectivity index (χ4n) is 4.85. The summed E-state index contributed by atoms with van der Waals surface area (Å²) in [5.41, 5.74) is 0.790. The molecule has 3 aliphatic rings. The second kappa shape index (κ2) is 8.69. The molecule has 3 atom stereocenters. The third kappa shape index (κ3) is 4.34. The summed E-state index contributed by atoms with van der Waals surface area (Å²) in [6.45, 7) is 2.77. The second-order valence-corrected chi connectivity index (χ2v) is 8.78. The molecular weight excluding hydrogens is 449 g/mol. The molecule has 1 amide bonds. The number of alkyl halides is 3. The zero-order chi connectivity index (χ0) is 23.9. The molecule has 3 fully saturated rings. The van der Waals surface area contributed by atoms with Gasteiger partial charge in [-0.3, -0.25) is 4.79 Å². The van der Waals surface area contributed by atoms with Crippen molar-refractivity contribution >= 4 is 5.91 Å². The number of fused-ring (bicyclic) bond motifs is 3. The van der Waals surface area contributed by atoms with Crippen LogP contribution in [0.3, 0.4) is 0 Å². The summed E-state index contributed by atoms with van der Waals surface area (Å²) in [6, 6.07) is 5.88. The Labute approximate surface area is 193 Å². The SMILES string of the molecule is Cc1ccc(-n2nccn2)c(C(=O)N2CC3CCC2CC3COc2ccc(C(F)(F)F)cn2)n1. The zero-order valence-corrected chi connectivity index (χ0v) is 18.4. The van der Waals surface area contributed by atoms with E-state index in [-0.39, 0.29) is 29.7 Å². The summed E-state index contributed by atoms with van der Waals surface area (Å²) in [5.74, 6) is 0.460.